The van der Waals surface area contributed by atoms with Crippen molar-refractivity contribution in [3.63, 3.8) is 0 Å². The smallest absolute Gasteiger partial charge is 0.312 e. The number of ketones is 1. The van der Waals surface area contributed by atoms with Gasteiger partial charge < -0.3 is 54.5 Å². The number of carbonyl (C=O) groups excluding carboxylic acids is 3. The summed E-state index contributed by atoms with van der Waals surface area (Å²) >= 11 is 0. The number of fused-ring (bicyclic) bond motifs is 14. The van der Waals surface area contributed by atoms with Gasteiger partial charge >= 0.3 is 11.8 Å². The Morgan fingerprint density at radius 2 is 1.58 bits per heavy atom. The highest BCUT2D eigenvalue weighted by Gasteiger charge is 2.50. The molecule has 4 heterocycles. The first-order valence-electron chi connectivity index (χ1n) is 23.3. The number of methoxy groups -OCH3 is 2. The van der Waals surface area contributed by atoms with Gasteiger partial charge in [0.2, 0.25) is 0 Å². The lowest BCUT2D eigenvalue weighted by Crippen LogP contribution is -2.54. The van der Waals surface area contributed by atoms with Crippen molar-refractivity contribution in [2.75, 3.05) is 32.6 Å². The number of para-hydroxylation sites is 1. The van der Waals surface area contributed by atoms with Crippen LogP contribution in [0.25, 0.3) is 10.8 Å². The number of amides is 1. The number of phenolic OH excluding ortho intramolecular Hbond substituents is 3. The molecule has 7 rings (SSSR count). The van der Waals surface area contributed by atoms with Crippen LogP contribution < -0.4 is 14.8 Å². The molecule has 0 aromatic heterocycles. The van der Waals surface area contributed by atoms with E-state index in [1.54, 1.807) is 47.0 Å². The maximum atomic E-state index is 14.7. The van der Waals surface area contributed by atoms with Crippen molar-refractivity contribution in [2.24, 2.45) is 28.8 Å². The lowest BCUT2D eigenvalue weighted by molar-refractivity contribution is -0.160. The third-order valence-corrected chi connectivity index (χ3v) is 13.9. The van der Waals surface area contributed by atoms with Crippen molar-refractivity contribution in [1.82, 2.24) is 9.91 Å². The van der Waals surface area contributed by atoms with Gasteiger partial charge in [-0.15, -0.1) is 0 Å². The second kappa shape index (κ2) is 21.2. The number of aliphatic hydroxyl groups is 2. The lowest BCUT2D eigenvalue weighted by Gasteiger charge is -2.43. The number of Topliss-reactive ketones (excluding diaryl/α,β-unsaturated/α-hetero) is 1. The largest absolute Gasteiger partial charge is 0.507 e. The normalized spacial score (nSPS) is 29.5. The van der Waals surface area contributed by atoms with E-state index >= 15 is 0 Å². The zero-order valence-corrected chi connectivity index (χ0v) is 41.5. The van der Waals surface area contributed by atoms with Gasteiger partial charge in [-0.25, -0.2) is 0 Å². The summed E-state index contributed by atoms with van der Waals surface area (Å²) in [5.74, 6) is -7.76. The standard InChI is InChI=1S/C52H68N4O13/c1-26-16-15-17-27(2)51(64)54-42-36(22-53-56-28(3)23-55(24-29(56)4)25-35-18-13-14-19-38(35)66-12)46(61)39-40(47(42)62)45(60)33(8)49-41(39)50(63)52(10,69-49)67-21-20-37(65-11)30(5)48(68-34(9)57)32(7)44(59)31(6)43(26)58/h13-22,26,28-32,37,43-44,48,58-62H,23-25H2,1-12H3,(H,54,64)/t26-,28-,29+,30-,31+,32+,37-,43+,44+,48-,52-/m0/s1. The first kappa shape index (κ1) is 52.2. The Morgan fingerprint density at radius 3 is 2.22 bits per heavy atom. The maximum absolute atomic E-state index is 14.7. The molecule has 0 unspecified atom stereocenters. The van der Waals surface area contributed by atoms with Gasteiger partial charge in [-0.3, -0.25) is 24.3 Å². The fourth-order valence-corrected chi connectivity index (χ4v) is 9.85. The highest BCUT2D eigenvalue weighted by molar-refractivity contribution is 6.23. The molecule has 17 nitrogen and oxygen atoms in total. The molecule has 1 amide bonds. The molecule has 5 bridgehead atoms. The highest BCUT2D eigenvalue weighted by Crippen LogP contribution is 2.55. The van der Waals surface area contributed by atoms with Crippen LogP contribution >= 0.6 is 0 Å². The number of aliphatic hydroxyl groups excluding tert-OH is 2. The molecule has 4 aliphatic heterocycles. The number of hydrogen-bond acceptors (Lipinski definition) is 16. The number of allylic oxidation sites excluding steroid dienone is 2. The zero-order chi connectivity index (χ0) is 50.8. The number of benzene rings is 3. The Balaban J connectivity index is 1.48. The van der Waals surface area contributed by atoms with Crippen molar-refractivity contribution in [3.8, 4) is 28.7 Å². The molecule has 6 N–H and O–H groups in total. The van der Waals surface area contributed by atoms with Crippen LogP contribution in [0.15, 0.2) is 65.5 Å². The van der Waals surface area contributed by atoms with Gasteiger partial charge in [0.05, 0.1) is 72.2 Å². The number of carbonyl (C=O) groups is 3. The van der Waals surface area contributed by atoms with Crippen LogP contribution in [-0.2, 0) is 30.3 Å². The average molecular weight is 957 g/mol. The first-order chi connectivity index (χ1) is 32.6. The minimum Gasteiger partial charge on any atom is -0.507 e. The molecule has 3 aromatic carbocycles. The Morgan fingerprint density at radius 1 is 0.913 bits per heavy atom. The number of rotatable bonds is 7. The van der Waals surface area contributed by atoms with E-state index in [9.17, 15) is 39.9 Å². The Hall–Kier alpha value is -6.14. The number of nitrogens with zero attached hydrogens (tertiary/aromatic N) is 3. The van der Waals surface area contributed by atoms with E-state index in [4.69, 9.17) is 28.8 Å². The molecule has 0 aliphatic carbocycles. The fourth-order valence-electron chi connectivity index (χ4n) is 9.85. The van der Waals surface area contributed by atoms with Crippen molar-refractivity contribution >= 4 is 40.3 Å². The molecule has 11 atom stereocenters. The highest BCUT2D eigenvalue weighted by atomic mass is 16.7. The summed E-state index contributed by atoms with van der Waals surface area (Å²) in [6, 6.07) is 7.52. The van der Waals surface area contributed by atoms with E-state index in [0.717, 1.165) is 11.3 Å². The molecular formula is C52H68N4O13. The molecule has 17 heteroatoms. The van der Waals surface area contributed by atoms with Gasteiger partial charge in [-0.2, -0.15) is 5.10 Å². The molecule has 3 aromatic rings. The molecular weight excluding hydrogens is 889 g/mol. The van der Waals surface area contributed by atoms with Crippen LogP contribution in [-0.4, -0.2) is 129 Å². The Kier molecular flexibility index (Phi) is 16.1. The molecule has 1 saturated heterocycles. The Labute approximate surface area is 403 Å². The molecule has 374 valence electrons. The summed E-state index contributed by atoms with van der Waals surface area (Å²) in [4.78, 5) is 43.4. The topological polar surface area (TPSA) is 229 Å². The monoisotopic (exact) mass is 956 g/mol. The van der Waals surface area contributed by atoms with Gasteiger partial charge in [0.25, 0.3) is 11.7 Å². The second-order valence-corrected chi connectivity index (χ2v) is 18.9. The average Bonchev–Trinajstić information content (AvgIpc) is 3.57. The van der Waals surface area contributed by atoms with Gasteiger partial charge in [0, 0.05) is 86.3 Å². The van der Waals surface area contributed by atoms with Crippen LogP contribution in [0, 0.1) is 30.6 Å². The van der Waals surface area contributed by atoms with Crippen molar-refractivity contribution in [1.29, 1.82) is 0 Å². The van der Waals surface area contributed by atoms with E-state index < -0.39 is 88.8 Å². The van der Waals surface area contributed by atoms with Gasteiger partial charge in [-0.1, -0.05) is 64.1 Å². The summed E-state index contributed by atoms with van der Waals surface area (Å²) in [5, 5.41) is 68.2. The maximum Gasteiger partial charge on any atom is 0.312 e. The zero-order valence-electron chi connectivity index (χ0n) is 41.5. The van der Waals surface area contributed by atoms with E-state index in [-0.39, 0.29) is 56.6 Å². The SMILES string of the molecule is COc1ccccc1CN1C[C@@H](C)N(N=Cc2c3c(O)c4c(O)c(C)c5c(c4c2O)C(=O)[C@@](C)(OC=C[C@H](OC)[C@H](C)[C@H](OC(C)=O)[C@H](C)[C@H](O)[C@H](C)[C@H](O)[C@@H](C)C=CC=C(C)C(=O)N3)O5)[C@@H](C)C1. The summed E-state index contributed by atoms with van der Waals surface area (Å²) in [5.41, 5.74) is 0.595. The summed E-state index contributed by atoms with van der Waals surface area (Å²) in [7, 11) is 3.08. The molecule has 0 spiro atoms. The van der Waals surface area contributed by atoms with Gasteiger partial charge in [0.1, 0.15) is 29.1 Å². The van der Waals surface area contributed by atoms with Gasteiger partial charge in [0.15, 0.2) is 5.75 Å². The van der Waals surface area contributed by atoms with Crippen LogP contribution in [0.2, 0.25) is 0 Å². The number of nitrogens with one attached hydrogen (secondary N) is 1. The van der Waals surface area contributed by atoms with E-state index in [2.05, 4.69) is 10.2 Å². The van der Waals surface area contributed by atoms with Crippen LogP contribution in [0.4, 0.5) is 5.69 Å². The molecule has 69 heavy (non-hydrogen) atoms. The molecule has 1 fully saturated rings. The number of anilines is 1. The third-order valence-electron chi connectivity index (χ3n) is 13.9. The summed E-state index contributed by atoms with van der Waals surface area (Å²) < 4.78 is 29.4. The fraction of sp³-hybridized carbons (Fsp3) is 0.500. The van der Waals surface area contributed by atoms with Crippen molar-refractivity contribution < 1.29 is 63.6 Å². The number of ether oxygens (including phenoxy) is 5. The number of aromatic hydroxyl groups is 3. The predicted molar refractivity (Wildman–Crippen MR) is 260 cm³/mol. The number of phenols is 3. The van der Waals surface area contributed by atoms with Crippen molar-refractivity contribution in [3.05, 3.63) is 82.7 Å². The van der Waals surface area contributed by atoms with E-state index in [1.165, 1.54) is 59.4 Å². The van der Waals surface area contributed by atoms with Crippen molar-refractivity contribution in [2.45, 2.75) is 118 Å². The van der Waals surface area contributed by atoms with Gasteiger partial charge in [-0.05, 0) is 39.8 Å². The molecule has 0 saturated carbocycles. The van der Waals surface area contributed by atoms with Crippen LogP contribution in [0.1, 0.15) is 89.4 Å². The number of hydrogen-bond donors (Lipinski definition) is 6. The Bertz CT molecular complexity index is 2540. The van der Waals surface area contributed by atoms with Crippen LogP contribution in [0.5, 0.6) is 28.7 Å². The van der Waals surface area contributed by atoms with E-state index in [1.807, 2.05) is 43.1 Å². The quantitative estimate of drug-likeness (QED) is 0.0627. The first-order valence-corrected chi connectivity index (χ1v) is 23.3. The summed E-state index contributed by atoms with van der Waals surface area (Å²) in [6.07, 6.45) is 4.83. The third kappa shape index (κ3) is 10.4. The minimum atomic E-state index is -2.08. The second-order valence-electron chi connectivity index (χ2n) is 18.9. The van der Waals surface area contributed by atoms with E-state index in [0.29, 0.717) is 19.6 Å². The number of piperazine rings is 1. The minimum absolute atomic E-state index is 0.0432. The molecule has 4 aliphatic rings. The molecule has 0 radical (unpaired) electrons. The number of esters is 1. The van der Waals surface area contributed by atoms with Crippen LogP contribution in [0.3, 0.4) is 0 Å². The predicted octanol–water partition coefficient (Wildman–Crippen LogP) is 6.69. The number of hydrazone groups is 1. The lowest BCUT2D eigenvalue weighted by atomic mass is 9.78. The summed E-state index contributed by atoms with van der Waals surface area (Å²) in [6.45, 7) is 18.4.